The minimum Gasteiger partial charge on any atom is -0.450 e. The standard InChI is InChI=1S/C15H13FN2O3/c16-12-2-4-13(5-3-12)21-15-6-1-10(11-8-17-9-11)7-14(15)18(19)20/h1-7,11,17H,8-9H2. The lowest BCUT2D eigenvalue weighted by Gasteiger charge is -2.27. The zero-order valence-electron chi connectivity index (χ0n) is 11.1. The fourth-order valence-electron chi connectivity index (χ4n) is 2.17. The lowest BCUT2D eigenvalue weighted by Crippen LogP contribution is -2.39. The molecule has 6 heteroatoms. The van der Waals surface area contributed by atoms with Gasteiger partial charge in [-0.25, -0.2) is 4.39 Å². The maximum Gasteiger partial charge on any atom is 0.311 e. The Balaban J connectivity index is 1.89. The Morgan fingerprint density at radius 3 is 2.48 bits per heavy atom. The summed E-state index contributed by atoms with van der Waals surface area (Å²) in [6, 6.07) is 10.3. The molecule has 1 aliphatic heterocycles. The van der Waals surface area contributed by atoms with Crippen LogP contribution in [0.15, 0.2) is 42.5 Å². The van der Waals surface area contributed by atoms with E-state index in [2.05, 4.69) is 5.32 Å². The van der Waals surface area contributed by atoms with Crippen molar-refractivity contribution in [3.05, 3.63) is 64.0 Å². The number of benzene rings is 2. The van der Waals surface area contributed by atoms with E-state index in [0.717, 1.165) is 18.7 Å². The van der Waals surface area contributed by atoms with E-state index >= 15 is 0 Å². The molecule has 0 radical (unpaired) electrons. The predicted molar refractivity (Wildman–Crippen MR) is 75.2 cm³/mol. The average molecular weight is 288 g/mol. The number of hydrogen-bond donors (Lipinski definition) is 1. The molecule has 0 atom stereocenters. The molecule has 1 heterocycles. The topological polar surface area (TPSA) is 64.4 Å². The molecule has 5 nitrogen and oxygen atoms in total. The van der Waals surface area contributed by atoms with Gasteiger partial charge in [-0.1, -0.05) is 6.07 Å². The predicted octanol–water partition coefficient (Wildman–Crippen LogP) is 3.21. The second kappa shape index (κ2) is 5.49. The molecule has 1 saturated heterocycles. The summed E-state index contributed by atoms with van der Waals surface area (Å²) in [5, 5.41) is 14.3. The Kier molecular flexibility index (Phi) is 3.53. The quantitative estimate of drug-likeness (QED) is 0.693. The van der Waals surface area contributed by atoms with Crippen molar-refractivity contribution >= 4 is 5.69 Å². The normalized spacial score (nSPS) is 14.5. The van der Waals surface area contributed by atoms with Gasteiger partial charge in [0.1, 0.15) is 11.6 Å². The monoisotopic (exact) mass is 288 g/mol. The number of nitrogens with zero attached hydrogens (tertiary/aromatic N) is 1. The SMILES string of the molecule is O=[N+]([O-])c1cc(C2CNC2)ccc1Oc1ccc(F)cc1. The van der Waals surface area contributed by atoms with E-state index < -0.39 is 4.92 Å². The van der Waals surface area contributed by atoms with E-state index in [0.29, 0.717) is 11.7 Å². The number of rotatable bonds is 4. The average Bonchev–Trinajstić information content (AvgIpc) is 2.41. The molecule has 1 N–H and O–H groups in total. The molecule has 2 aromatic carbocycles. The molecule has 0 unspecified atom stereocenters. The summed E-state index contributed by atoms with van der Waals surface area (Å²) in [6.45, 7) is 1.66. The van der Waals surface area contributed by atoms with E-state index in [1.54, 1.807) is 12.1 Å². The van der Waals surface area contributed by atoms with Crippen molar-refractivity contribution in [2.45, 2.75) is 5.92 Å². The zero-order valence-corrected chi connectivity index (χ0v) is 11.1. The molecule has 1 aliphatic rings. The van der Waals surface area contributed by atoms with Crippen LogP contribution in [-0.2, 0) is 0 Å². The van der Waals surface area contributed by atoms with Crippen LogP contribution in [0.4, 0.5) is 10.1 Å². The minimum absolute atomic E-state index is 0.0799. The Bertz CT molecular complexity index is 669. The number of ether oxygens (including phenoxy) is 1. The van der Waals surface area contributed by atoms with Gasteiger partial charge in [0.15, 0.2) is 0 Å². The number of nitrogens with one attached hydrogen (secondary N) is 1. The molecule has 108 valence electrons. The molecule has 0 aromatic heterocycles. The third-order valence-electron chi connectivity index (χ3n) is 3.47. The van der Waals surface area contributed by atoms with E-state index in [4.69, 9.17) is 4.74 Å². The summed E-state index contributed by atoms with van der Waals surface area (Å²) >= 11 is 0. The summed E-state index contributed by atoms with van der Waals surface area (Å²) < 4.78 is 18.3. The Morgan fingerprint density at radius 2 is 1.90 bits per heavy atom. The molecule has 0 bridgehead atoms. The van der Waals surface area contributed by atoms with Crippen molar-refractivity contribution in [1.29, 1.82) is 0 Å². The second-order valence-electron chi connectivity index (χ2n) is 4.90. The van der Waals surface area contributed by atoms with E-state index in [-0.39, 0.29) is 17.3 Å². The first-order valence-corrected chi connectivity index (χ1v) is 6.56. The van der Waals surface area contributed by atoms with Crippen molar-refractivity contribution in [2.75, 3.05) is 13.1 Å². The number of hydrogen-bond acceptors (Lipinski definition) is 4. The number of halogens is 1. The largest absolute Gasteiger partial charge is 0.450 e. The maximum atomic E-state index is 12.9. The first kappa shape index (κ1) is 13.5. The molecule has 3 rings (SSSR count). The summed E-state index contributed by atoms with van der Waals surface area (Å²) in [5.74, 6) is 0.438. The van der Waals surface area contributed by atoms with Gasteiger partial charge in [-0.3, -0.25) is 10.1 Å². The smallest absolute Gasteiger partial charge is 0.311 e. The summed E-state index contributed by atoms with van der Waals surface area (Å²) in [7, 11) is 0. The molecule has 0 aliphatic carbocycles. The molecule has 0 amide bonds. The van der Waals surface area contributed by atoms with Crippen LogP contribution < -0.4 is 10.1 Å². The van der Waals surface area contributed by atoms with Crippen molar-refractivity contribution in [3.63, 3.8) is 0 Å². The van der Waals surface area contributed by atoms with Gasteiger partial charge in [-0.05, 0) is 35.9 Å². The van der Waals surface area contributed by atoms with Crippen LogP contribution in [0.25, 0.3) is 0 Å². The van der Waals surface area contributed by atoms with E-state index in [1.807, 2.05) is 6.07 Å². The van der Waals surface area contributed by atoms with E-state index in [9.17, 15) is 14.5 Å². The summed E-state index contributed by atoms with van der Waals surface area (Å²) in [5.41, 5.74) is 0.843. The van der Waals surface area contributed by atoms with Crippen molar-refractivity contribution in [3.8, 4) is 11.5 Å². The van der Waals surface area contributed by atoms with Crippen LogP contribution in [0.1, 0.15) is 11.5 Å². The van der Waals surface area contributed by atoms with Crippen LogP contribution >= 0.6 is 0 Å². The van der Waals surface area contributed by atoms with Gasteiger partial charge in [-0.2, -0.15) is 0 Å². The third-order valence-corrected chi connectivity index (χ3v) is 3.47. The van der Waals surface area contributed by atoms with Crippen LogP contribution in [0.5, 0.6) is 11.5 Å². The lowest BCUT2D eigenvalue weighted by molar-refractivity contribution is -0.385. The first-order valence-electron chi connectivity index (χ1n) is 6.56. The Hall–Kier alpha value is -2.47. The molecule has 1 fully saturated rings. The molecule has 0 saturated carbocycles. The van der Waals surface area contributed by atoms with Gasteiger partial charge in [-0.15, -0.1) is 0 Å². The Labute approximate surface area is 120 Å². The molecule has 0 spiro atoms. The van der Waals surface area contributed by atoms with Gasteiger partial charge in [0.25, 0.3) is 0 Å². The highest BCUT2D eigenvalue weighted by Crippen LogP contribution is 2.34. The first-order chi connectivity index (χ1) is 10.1. The van der Waals surface area contributed by atoms with Crippen molar-refractivity contribution < 1.29 is 14.1 Å². The highest BCUT2D eigenvalue weighted by Gasteiger charge is 2.24. The molecule has 2 aromatic rings. The molecule has 21 heavy (non-hydrogen) atoms. The second-order valence-corrected chi connectivity index (χ2v) is 4.90. The van der Waals surface area contributed by atoms with Gasteiger partial charge in [0, 0.05) is 25.1 Å². The summed E-state index contributed by atoms with van der Waals surface area (Å²) in [4.78, 5) is 10.7. The minimum atomic E-state index is -0.464. The third kappa shape index (κ3) is 2.85. The highest BCUT2D eigenvalue weighted by atomic mass is 19.1. The molecular formula is C15H13FN2O3. The van der Waals surface area contributed by atoms with Crippen LogP contribution in [0, 0.1) is 15.9 Å². The zero-order chi connectivity index (χ0) is 14.8. The lowest BCUT2D eigenvalue weighted by atomic mass is 9.93. The number of nitro benzene ring substituents is 1. The van der Waals surface area contributed by atoms with Gasteiger partial charge < -0.3 is 10.1 Å². The summed E-state index contributed by atoms with van der Waals surface area (Å²) in [6.07, 6.45) is 0. The fraction of sp³-hybridized carbons (Fsp3) is 0.200. The Morgan fingerprint density at radius 1 is 1.19 bits per heavy atom. The fourth-order valence-corrected chi connectivity index (χ4v) is 2.17. The van der Waals surface area contributed by atoms with Crippen molar-refractivity contribution in [2.24, 2.45) is 0 Å². The number of nitro groups is 1. The van der Waals surface area contributed by atoms with Crippen LogP contribution in [0.2, 0.25) is 0 Å². The highest BCUT2D eigenvalue weighted by molar-refractivity contribution is 5.51. The molecular weight excluding hydrogens is 275 g/mol. The van der Waals surface area contributed by atoms with E-state index in [1.165, 1.54) is 24.3 Å². The maximum absolute atomic E-state index is 12.9. The van der Waals surface area contributed by atoms with Crippen molar-refractivity contribution in [1.82, 2.24) is 5.32 Å². The van der Waals surface area contributed by atoms with Gasteiger partial charge >= 0.3 is 5.69 Å². The van der Waals surface area contributed by atoms with Gasteiger partial charge in [0.2, 0.25) is 5.75 Å². The van der Waals surface area contributed by atoms with Gasteiger partial charge in [0.05, 0.1) is 4.92 Å². The van der Waals surface area contributed by atoms with Crippen LogP contribution in [-0.4, -0.2) is 18.0 Å². The van der Waals surface area contributed by atoms with Crippen LogP contribution in [0.3, 0.4) is 0 Å².